The molecule has 1 saturated heterocycles. The lowest BCUT2D eigenvalue weighted by molar-refractivity contribution is 0.498. The molecule has 1 aliphatic heterocycles. The lowest BCUT2D eigenvalue weighted by Crippen LogP contribution is -2.35. The number of pyridine rings is 1. The van der Waals surface area contributed by atoms with E-state index in [1.54, 1.807) is 36.7 Å². The predicted molar refractivity (Wildman–Crippen MR) is 97.1 cm³/mol. The Balaban J connectivity index is 1.63. The third kappa shape index (κ3) is 3.04. The second-order valence-electron chi connectivity index (χ2n) is 6.48. The van der Waals surface area contributed by atoms with E-state index in [4.69, 9.17) is 0 Å². The lowest BCUT2D eigenvalue weighted by Gasteiger charge is -2.34. The summed E-state index contributed by atoms with van der Waals surface area (Å²) in [4.78, 5) is 6.58. The van der Waals surface area contributed by atoms with Crippen LogP contribution in [0.3, 0.4) is 0 Å². The summed E-state index contributed by atoms with van der Waals surface area (Å²) in [5.74, 6) is 0.740. The molecule has 1 atom stereocenters. The van der Waals surface area contributed by atoms with Gasteiger partial charge in [-0.2, -0.15) is 10.4 Å². The highest BCUT2D eigenvalue weighted by Gasteiger charge is 2.27. The summed E-state index contributed by atoms with van der Waals surface area (Å²) in [7, 11) is 0. The first kappa shape index (κ1) is 16.3. The van der Waals surface area contributed by atoms with E-state index in [1.807, 2.05) is 0 Å². The summed E-state index contributed by atoms with van der Waals surface area (Å²) in [5, 5.41) is 16.7. The van der Waals surface area contributed by atoms with Crippen LogP contribution in [0.25, 0.3) is 11.1 Å². The minimum absolute atomic E-state index is 0.248. The second kappa shape index (κ2) is 6.96. The zero-order valence-electron chi connectivity index (χ0n) is 14.2. The number of nitriles is 1. The van der Waals surface area contributed by atoms with E-state index in [-0.39, 0.29) is 11.7 Å². The summed E-state index contributed by atoms with van der Waals surface area (Å²) in [6, 6.07) is 12.3. The number of nitrogens with one attached hydrogen (secondary N) is 1. The van der Waals surface area contributed by atoms with Crippen LogP contribution in [-0.2, 0) is 0 Å². The summed E-state index contributed by atoms with van der Waals surface area (Å²) in [6.45, 7) is 1.64. The molecule has 1 aromatic carbocycles. The van der Waals surface area contributed by atoms with Gasteiger partial charge in [-0.1, -0.05) is 12.1 Å². The first-order chi connectivity index (χ1) is 12.8. The molecule has 4 rings (SSSR count). The lowest BCUT2D eigenvalue weighted by atomic mass is 9.90. The van der Waals surface area contributed by atoms with Gasteiger partial charge in [0.05, 0.1) is 11.8 Å². The van der Waals surface area contributed by atoms with Gasteiger partial charge in [0, 0.05) is 36.5 Å². The van der Waals surface area contributed by atoms with Crippen molar-refractivity contribution in [2.45, 2.75) is 18.8 Å². The number of nitrogens with zero attached hydrogens (tertiary/aromatic N) is 4. The molecule has 1 fully saturated rings. The van der Waals surface area contributed by atoms with Crippen molar-refractivity contribution in [1.82, 2.24) is 15.2 Å². The molecule has 0 radical (unpaired) electrons. The van der Waals surface area contributed by atoms with Crippen LogP contribution in [0.5, 0.6) is 0 Å². The number of benzene rings is 1. The van der Waals surface area contributed by atoms with Crippen molar-refractivity contribution in [3.05, 3.63) is 65.9 Å². The van der Waals surface area contributed by atoms with Crippen LogP contribution < -0.4 is 4.90 Å². The van der Waals surface area contributed by atoms with E-state index in [0.717, 1.165) is 48.6 Å². The molecule has 0 saturated carbocycles. The molecule has 0 unspecified atom stereocenters. The van der Waals surface area contributed by atoms with Crippen molar-refractivity contribution in [3.63, 3.8) is 0 Å². The second-order valence-corrected chi connectivity index (χ2v) is 6.48. The predicted octanol–water partition coefficient (Wildman–Crippen LogP) is 3.87. The highest BCUT2D eigenvalue weighted by atomic mass is 19.1. The Labute approximate surface area is 151 Å². The van der Waals surface area contributed by atoms with Crippen LogP contribution in [0, 0.1) is 17.1 Å². The molecule has 26 heavy (non-hydrogen) atoms. The van der Waals surface area contributed by atoms with Gasteiger partial charge in [-0.3, -0.25) is 5.10 Å². The normalized spacial score (nSPS) is 17.1. The van der Waals surface area contributed by atoms with Crippen molar-refractivity contribution in [1.29, 1.82) is 5.26 Å². The Kier molecular flexibility index (Phi) is 4.36. The third-order valence-electron chi connectivity index (χ3n) is 4.86. The van der Waals surface area contributed by atoms with Gasteiger partial charge in [-0.15, -0.1) is 0 Å². The van der Waals surface area contributed by atoms with Gasteiger partial charge in [0.25, 0.3) is 0 Å². The maximum atomic E-state index is 13.2. The Morgan fingerprint density at radius 3 is 2.88 bits per heavy atom. The van der Waals surface area contributed by atoms with Crippen molar-refractivity contribution < 1.29 is 4.39 Å². The summed E-state index contributed by atoms with van der Waals surface area (Å²) in [5.41, 5.74) is 3.59. The average Bonchev–Trinajstić information content (AvgIpc) is 3.18. The van der Waals surface area contributed by atoms with E-state index in [0.29, 0.717) is 5.56 Å². The van der Waals surface area contributed by atoms with Crippen LogP contribution in [0.15, 0.2) is 48.8 Å². The number of piperidine rings is 1. The molecule has 6 heteroatoms. The fraction of sp³-hybridized carbons (Fsp3) is 0.250. The van der Waals surface area contributed by atoms with Crippen molar-refractivity contribution in [2.24, 2.45) is 0 Å². The molecule has 0 aliphatic carbocycles. The number of hydrogen-bond acceptors (Lipinski definition) is 4. The summed E-state index contributed by atoms with van der Waals surface area (Å²) < 4.78 is 13.2. The monoisotopic (exact) mass is 347 g/mol. The highest BCUT2D eigenvalue weighted by Crippen LogP contribution is 2.34. The minimum atomic E-state index is -0.248. The number of aromatic nitrogens is 3. The number of rotatable bonds is 3. The summed E-state index contributed by atoms with van der Waals surface area (Å²) >= 11 is 0. The molecule has 1 aliphatic rings. The quantitative estimate of drug-likeness (QED) is 0.781. The number of hydrogen-bond donors (Lipinski definition) is 1. The van der Waals surface area contributed by atoms with Crippen LogP contribution in [0.4, 0.5) is 10.2 Å². The third-order valence-corrected chi connectivity index (χ3v) is 4.86. The van der Waals surface area contributed by atoms with Crippen molar-refractivity contribution >= 4 is 5.82 Å². The molecule has 2 aromatic heterocycles. The van der Waals surface area contributed by atoms with E-state index in [9.17, 15) is 9.65 Å². The fourth-order valence-electron chi connectivity index (χ4n) is 3.61. The molecule has 3 heterocycles. The maximum Gasteiger partial charge on any atom is 0.146 e. The van der Waals surface area contributed by atoms with E-state index in [2.05, 4.69) is 26.2 Å². The Morgan fingerprint density at radius 2 is 2.08 bits per heavy atom. The van der Waals surface area contributed by atoms with Gasteiger partial charge < -0.3 is 4.90 Å². The fourth-order valence-corrected chi connectivity index (χ4v) is 3.61. The summed E-state index contributed by atoms with van der Waals surface area (Å²) in [6.07, 6.45) is 5.55. The van der Waals surface area contributed by atoms with E-state index < -0.39 is 0 Å². The van der Waals surface area contributed by atoms with Crippen molar-refractivity contribution in [2.75, 3.05) is 18.0 Å². The standard InChI is InChI=1S/C20H18FN5/c21-17-7-5-14(6-8-17)18-12-24-25-19(18)16-4-2-10-26(13-16)20-15(11-22)3-1-9-23-20/h1,3,5-9,12,16H,2,4,10,13H2,(H,24,25)/t16-/m0/s1. The molecule has 5 nitrogen and oxygen atoms in total. The SMILES string of the molecule is N#Cc1cccnc1N1CCC[C@H](c2[nH]ncc2-c2ccc(F)cc2)C1. The molecule has 1 N–H and O–H groups in total. The number of anilines is 1. The maximum absolute atomic E-state index is 13.2. The van der Waals surface area contributed by atoms with Gasteiger partial charge in [0.1, 0.15) is 17.7 Å². The number of H-pyrrole nitrogens is 1. The van der Waals surface area contributed by atoms with Crippen LogP contribution in [-0.4, -0.2) is 28.3 Å². The highest BCUT2D eigenvalue weighted by molar-refractivity contribution is 5.66. The zero-order chi connectivity index (χ0) is 17.9. The van der Waals surface area contributed by atoms with Gasteiger partial charge in [0.15, 0.2) is 0 Å². The van der Waals surface area contributed by atoms with Crippen LogP contribution in [0.1, 0.15) is 30.0 Å². The van der Waals surface area contributed by atoms with Crippen LogP contribution >= 0.6 is 0 Å². The Morgan fingerprint density at radius 1 is 1.23 bits per heavy atom. The van der Waals surface area contributed by atoms with Gasteiger partial charge in [0.2, 0.25) is 0 Å². The molecular weight excluding hydrogens is 329 g/mol. The molecule has 0 bridgehead atoms. The first-order valence-corrected chi connectivity index (χ1v) is 8.65. The molecule has 130 valence electrons. The van der Waals surface area contributed by atoms with E-state index in [1.165, 1.54) is 12.1 Å². The van der Waals surface area contributed by atoms with Gasteiger partial charge in [-0.05, 0) is 42.7 Å². The Hall–Kier alpha value is -3.20. The zero-order valence-corrected chi connectivity index (χ0v) is 14.2. The number of halogens is 1. The van der Waals surface area contributed by atoms with Crippen molar-refractivity contribution in [3.8, 4) is 17.2 Å². The van der Waals surface area contributed by atoms with Crippen LogP contribution in [0.2, 0.25) is 0 Å². The van der Waals surface area contributed by atoms with Gasteiger partial charge in [-0.25, -0.2) is 9.37 Å². The largest absolute Gasteiger partial charge is 0.355 e. The number of aromatic amines is 1. The molecule has 0 spiro atoms. The minimum Gasteiger partial charge on any atom is -0.355 e. The molecule has 3 aromatic rings. The topological polar surface area (TPSA) is 68.6 Å². The molecule has 0 amide bonds. The van der Waals surface area contributed by atoms with Gasteiger partial charge >= 0.3 is 0 Å². The Bertz CT molecular complexity index is 941. The molecular formula is C20H18FN5. The average molecular weight is 347 g/mol. The smallest absolute Gasteiger partial charge is 0.146 e. The van der Waals surface area contributed by atoms with E-state index >= 15 is 0 Å². The first-order valence-electron chi connectivity index (χ1n) is 8.65.